The van der Waals surface area contributed by atoms with Gasteiger partial charge in [-0.25, -0.2) is 26.3 Å². The van der Waals surface area contributed by atoms with Crippen molar-refractivity contribution in [3.8, 4) is 0 Å². The van der Waals surface area contributed by atoms with Crippen molar-refractivity contribution in [1.82, 2.24) is 9.97 Å². The zero-order valence-electron chi connectivity index (χ0n) is 11.1. The highest BCUT2D eigenvalue weighted by Gasteiger charge is 2.22. The maximum Gasteiger partial charge on any atom is 0.336 e. The van der Waals surface area contributed by atoms with Crippen molar-refractivity contribution in [3.05, 3.63) is 11.6 Å². The van der Waals surface area contributed by atoms with Crippen LogP contribution in [-0.2, 0) is 0 Å². The second-order valence-electron chi connectivity index (χ2n) is 3.68. The lowest BCUT2D eigenvalue weighted by molar-refractivity contribution is 0.253. The lowest BCUT2D eigenvalue weighted by Gasteiger charge is -2.19. The van der Waals surface area contributed by atoms with Gasteiger partial charge in [0.25, 0.3) is 5.95 Å². The fraction of sp³-hybridized carbons (Fsp3) is 0.222. The van der Waals surface area contributed by atoms with E-state index in [9.17, 15) is 9.59 Å². The monoisotopic (exact) mass is 316 g/mol. The van der Waals surface area contributed by atoms with Crippen LogP contribution in [0.2, 0.25) is 5.02 Å². The molecule has 115 valence electrons. The van der Waals surface area contributed by atoms with E-state index >= 15 is 0 Å². The Bertz CT molecular complexity index is 552. The van der Waals surface area contributed by atoms with E-state index in [2.05, 4.69) is 15.3 Å². The number of amides is 4. The van der Waals surface area contributed by atoms with Gasteiger partial charge in [0.05, 0.1) is 0 Å². The number of anilines is 3. The summed E-state index contributed by atoms with van der Waals surface area (Å²) in [5.41, 5.74) is 10.1. The normalized spacial score (nSPS) is 10.1. The Morgan fingerprint density at radius 1 is 1.24 bits per heavy atom. The predicted molar refractivity (Wildman–Crippen MR) is 77.8 cm³/mol. The number of nitrogens with zero attached hydrogens (tertiary/aromatic N) is 4. The molecule has 4 amide bonds. The van der Waals surface area contributed by atoms with Crippen LogP contribution in [0.4, 0.5) is 27.2 Å². The summed E-state index contributed by atoms with van der Waals surface area (Å²) in [6.07, 6.45) is 0.648. The number of nitrogens with two attached hydrogens (primary N) is 4. The summed E-state index contributed by atoms with van der Waals surface area (Å²) in [6, 6.07) is -2.04. The highest BCUT2D eigenvalue weighted by Crippen LogP contribution is 2.31. The van der Waals surface area contributed by atoms with Gasteiger partial charge < -0.3 is 16.8 Å². The van der Waals surface area contributed by atoms with E-state index in [0.717, 1.165) is 0 Å². The second kappa shape index (κ2) is 6.88. The van der Waals surface area contributed by atoms with Gasteiger partial charge in [0, 0.05) is 6.54 Å². The van der Waals surface area contributed by atoms with Gasteiger partial charge in [0.15, 0.2) is 11.6 Å². The van der Waals surface area contributed by atoms with Crippen molar-refractivity contribution < 1.29 is 9.59 Å². The lowest BCUT2D eigenvalue weighted by Crippen LogP contribution is -2.45. The standard InChI is InChI=1S/C9H15ClN9O2/c1-2-3-15-5-4(10)6(18(13)7(11)20)17-9(16-5)19(14)8(12)21/h3H,2,13-14H2,1H3,(H2,11,20)(H2,12,21)(H,15,16,17). The number of urea groups is 2. The minimum atomic E-state index is -1.02. The number of aromatic nitrogens is 2. The molecule has 0 aliphatic heterocycles. The topological polar surface area (TPSA) is 183 Å². The first-order valence-electron chi connectivity index (χ1n) is 5.63. The summed E-state index contributed by atoms with van der Waals surface area (Å²) in [4.78, 5) is 29.9. The lowest BCUT2D eigenvalue weighted by atomic mass is 10.4. The Labute approximate surface area is 125 Å². The molecule has 9 N–H and O–H groups in total. The molecule has 0 fully saturated rings. The fourth-order valence-corrected chi connectivity index (χ4v) is 1.42. The Balaban J connectivity index is 3.37. The third-order valence-corrected chi connectivity index (χ3v) is 2.53. The first kappa shape index (κ1) is 16.7. The summed E-state index contributed by atoms with van der Waals surface area (Å²) in [6.45, 7) is 3.49. The predicted octanol–water partition coefficient (Wildman–Crippen LogP) is -0.369. The molecule has 0 aromatic carbocycles. The molecule has 21 heavy (non-hydrogen) atoms. The van der Waals surface area contributed by atoms with E-state index in [-0.39, 0.29) is 22.6 Å². The molecule has 0 bridgehead atoms. The number of nitrogens with one attached hydrogen (secondary N) is 1. The first-order valence-corrected chi connectivity index (χ1v) is 6.01. The number of rotatable bonds is 5. The largest absolute Gasteiger partial charge is 0.364 e. The summed E-state index contributed by atoms with van der Waals surface area (Å²) in [5, 5.41) is 3.62. The summed E-state index contributed by atoms with van der Waals surface area (Å²) in [5.74, 6) is 10.4. The molecule has 0 aliphatic carbocycles. The van der Waals surface area contributed by atoms with Gasteiger partial charge in [-0.1, -0.05) is 18.5 Å². The highest BCUT2D eigenvalue weighted by molar-refractivity contribution is 6.35. The molecule has 1 aromatic rings. The number of primary amides is 2. The smallest absolute Gasteiger partial charge is 0.336 e. The maximum atomic E-state index is 11.1. The Hall–Kier alpha value is -2.37. The van der Waals surface area contributed by atoms with Gasteiger partial charge in [0.1, 0.15) is 5.02 Å². The zero-order valence-corrected chi connectivity index (χ0v) is 11.8. The van der Waals surface area contributed by atoms with Crippen LogP contribution in [0.5, 0.6) is 0 Å². The van der Waals surface area contributed by atoms with Gasteiger partial charge in [-0.3, -0.25) is 0 Å². The molecule has 1 radical (unpaired) electrons. The molecule has 1 rings (SSSR count). The van der Waals surface area contributed by atoms with E-state index in [1.807, 2.05) is 6.92 Å². The number of hydrogen-bond donors (Lipinski definition) is 5. The number of halogens is 1. The molecular formula is C9H15ClN9O2. The highest BCUT2D eigenvalue weighted by atomic mass is 35.5. The number of hydrazine groups is 2. The van der Waals surface area contributed by atoms with E-state index in [1.54, 1.807) is 6.54 Å². The summed E-state index contributed by atoms with van der Waals surface area (Å²) in [7, 11) is 0. The third-order valence-electron chi connectivity index (χ3n) is 2.18. The van der Waals surface area contributed by atoms with Crippen LogP contribution in [0.1, 0.15) is 13.3 Å². The Morgan fingerprint density at radius 2 is 1.81 bits per heavy atom. The van der Waals surface area contributed by atoms with Crippen molar-refractivity contribution >= 4 is 41.2 Å². The molecular weight excluding hydrogens is 302 g/mol. The Kier molecular flexibility index (Phi) is 5.46. The van der Waals surface area contributed by atoms with Crippen LogP contribution in [-0.4, -0.2) is 22.0 Å². The van der Waals surface area contributed by atoms with E-state index in [1.165, 1.54) is 0 Å². The van der Waals surface area contributed by atoms with Crippen molar-refractivity contribution in [1.29, 1.82) is 0 Å². The average Bonchev–Trinajstić information content (AvgIpc) is 2.44. The number of carbonyl (C=O) groups is 2. The van der Waals surface area contributed by atoms with Gasteiger partial charge in [-0.2, -0.15) is 15.0 Å². The van der Waals surface area contributed by atoms with Crippen LogP contribution in [0.15, 0.2) is 0 Å². The minimum Gasteiger partial charge on any atom is -0.364 e. The molecule has 0 saturated carbocycles. The SMILES string of the molecule is CC[CH]Nc1nc(N(N)C(N)=O)nc(N(N)C(N)=O)c1Cl. The van der Waals surface area contributed by atoms with Crippen LogP contribution in [0.25, 0.3) is 0 Å². The molecule has 0 atom stereocenters. The van der Waals surface area contributed by atoms with Gasteiger partial charge in [0.2, 0.25) is 0 Å². The van der Waals surface area contributed by atoms with Crippen LogP contribution >= 0.6 is 11.6 Å². The molecule has 1 aromatic heterocycles. The second-order valence-corrected chi connectivity index (χ2v) is 4.06. The molecule has 0 aliphatic rings. The van der Waals surface area contributed by atoms with E-state index < -0.39 is 12.1 Å². The van der Waals surface area contributed by atoms with Crippen molar-refractivity contribution in [2.45, 2.75) is 13.3 Å². The quantitative estimate of drug-likeness (QED) is 0.279. The number of hydrogen-bond acceptors (Lipinski definition) is 7. The molecule has 0 unspecified atom stereocenters. The van der Waals surface area contributed by atoms with Crippen molar-refractivity contribution in [2.75, 3.05) is 15.3 Å². The fourth-order valence-electron chi connectivity index (χ4n) is 1.19. The zero-order chi connectivity index (χ0) is 16.2. The summed E-state index contributed by atoms with van der Waals surface area (Å²) < 4.78 is 0. The van der Waals surface area contributed by atoms with Crippen molar-refractivity contribution in [3.63, 3.8) is 0 Å². The molecule has 0 saturated heterocycles. The average molecular weight is 317 g/mol. The van der Waals surface area contributed by atoms with Crippen LogP contribution < -0.4 is 38.5 Å². The van der Waals surface area contributed by atoms with Crippen LogP contribution in [0, 0.1) is 6.54 Å². The number of carbonyl (C=O) groups excluding carboxylic acids is 2. The van der Waals surface area contributed by atoms with Gasteiger partial charge in [-0.05, 0) is 6.42 Å². The van der Waals surface area contributed by atoms with Gasteiger partial charge in [-0.15, -0.1) is 0 Å². The van der Waals surface area contributed by atoms with Crippen molar-refractivity contribution in [2.24, 2.45) is 23.2 Å². The van der Waals surface area contributed by atoms with E-state index in [0.29, 0.717) is 16.4 Å². The first-order chi connectivity index (χ1) is 9.79. The third kappa shape index (κ3) is 3.81. The molecule has 1 heterocycles. The Morgan fingerprint density at radius 3 is 2.29 bits per heavy atom. The van der Waals surface area contributed by atoms with Crippen LogP contribution in [0.3, 0.4) is 0 Å². The van der Waals surface area contributed by atoms with E-state index in [4.69, 9.17) is 34.8 Å². The summed E-state index contributed by atoms with van der Waals surface area (Å²) >= 11 is 6.03. The minimum absolute atomic E-state index is 0.0758. The molecule has 12 heteroatoms. The molecule has 11 nitrogen and oxygen atoms in total. The maximum absolute atomic E-state index is 11.1. The molecule has 0 spiro atoms. The van der Waals surface area contributed by atoms with Gasteiger partial charge >= 0.3 is 12.1 Å².